The van der Waals surface area contributed by atoms with Crippen LogP contribution in [0.4, 0.5) is 5.13 Å². The SMILES string of the molecule is Nc1nc(/C(=N/O)C(=O)N[C@@H]2C(=O)N3C(C(=O)[O-])=C(C[n+]4cccc(Br)c4)CS[C@H]23)ns1. The van der Waals surface area contributed by atoms with Gasteiger partial charge in [0.05, 0.1) is 16.1 Å². The van der Waals surface area contributed by atoms with Gasteiger partial charge in [-0.05, 0) is 22.0 Å². The second kappa shape index (κ2) is 8.84. The van der Waals surface area contributed by atoms with Gasteiger partial charge in [-0.15, -0.1) is 11.8 Å². The van der Waals surface area contributed by atoms with Crippen molar-refractivity contribution in [2.24, 2.45) is 5.16 Å². The Labute approximate surface area is 197 Å². The minimum Gasteiger partial charge on any atom is -0.543 e. The van der Waals surface area contributed by atoms with Crippen LogP contribution in [-0.4, -0.2) is 60.1 Å². The van der Waals surface area contributed by atoms with Gasteiger partial charge in [-0.2, -0.15) is 13.9 Å². The van der Waals surface area contributed by atoms with E-state index < -0.39 is 34.9 Å². The van der Waals surface area contributed by atoms with E-state index in [9.17, 15) is 24.7 Å². The Balaban J connectivity index is 1.53. The van der Waals surface area contributed by atoms with Crippen molar-refractivity contribution in [3.8, 4) is 0 Å². The molecule has 0 saturated carbocycles. The molecule has 2 aliphatic heterocycles. The lowest BCUT2D eigenvalue weighted by atomic mass is 10.0. The van der Waals surface area contributed by atoms with E-state index in [1.165, 1.54) is 11.8 Å². The summed E-state index contributed by atoms with van der Waals surface area (Å²) in [5.74, 6) is -2.85. The van der Waals surface area contributed by atoms with E-state index in [-0.39, 0.29) is 23.2 Å². The van der Waals surface area contributed by atoms with Gasteiger partial charge in [-0.25, -0.2) is 0 Å². The summed E-state index contributed by atoms with van der Waals surface area (Å²) in [7, 11) is 0. The average Bonchev–Trinajstić information content (AvgIpc) is 3.17. The number of hydrogen-bond acceptors (Lipinski definition) is 11. The molecule has 2 atom stereocenters. The maximum Gasteiger partial charge on any atom is 0.278 e. The second-order valence-corrected chi connectivity index (χ2v) is 9.50. The number of carboxylic acid groups (broad SMARTS) is 1. The maximum atomic E-state index is 12.8. The Morgan fingerprint density at radius 1 is 1.50 bits per heavy atom. The topological polar surface area (TPSA) is 178 Å². The molecule has 4 heterocycles. The monoisotopic (exact) mass is 539 g/mol. The molecule has 12 nitrogen and oxygen atoms in total. The first-order valence-corrected chi connectivity index (χ1v) is 11.6. The average molecular weight is 540 g/mol. The lowest BCUT2D eigenvalue weighted by Crippen LogP contribution is -2.71. The lowest BCUT2D eigenvalue weighted by molar-refractivity contribution is -0.689. The molecule has 1 fully saturated rings. The van der Waals surface area contributed by atoms with Crippen LogP contribution in [0.15, 0.2) is 45.4 Å². The van der Waals surface area contributed by atoms with Crippen LogP contribution in [0, 0.1) is 0 Å². The number of β-lactam (4-membered cyclic amide) rings is 1. The first kappa shape index (κ1) is 22.2. The fourth-order valence-corrected chi connectivity index (χ4v) is 5.52. The van der Waals surface area contributed by atoms with Gasteiger partial charge in [-0.3, -0.25) is 14.5 Å². The van der Waals surface area contributed by atoms with Crippen molar-refractivity contribution in [1.29, 1.82) is 0 Å². The number of carboxylic acids is 1. The summed E-state index contributed by atoms with van der Waals surface area (Å²) in [5.41, 5.74) is 5.27. The fraction of sp³-hybridized carbons (Fsp3) is 0.235. The molecule has 0 aliphatic carbocycles. The first-order valence-electron chi connectivity index (χ1n) is 8.95. The Hall–Kier alpha value is -3.04. The van der Waals surface area contributed by atoms with Gasteiger partial charge in [0.2, 0.25) is 11.5 Å². The summed E-state index contributed by atoms with van der Waals surface area (Å²) in [6.07, 6.45) is 3.56. The number of pyridine rings is 1. The fourth-order valence-electron chi connectivity index (χ4n) is 3.33. The van der Waals surface area contributed by atoms with Gasteiger partial charge in [0.15, 0.2) is 24.1 Å². The van der Waals surface area contributed by atoms with Gasteiger partial charge < -0.3 is 26.2 Å². The number of hydrogen-bond donors (Lipinski definition) is 3. The third-order valence-corrected chi connectivity index (χ3v) is 7.04. The van der Waals surface area contributed by atoms with E-state index in [1.807, 2.05) is 6.07 Å². The number of oxime groups is 1. The molecule has 4 N–H and O–H groups in total. The number of aromatic nitrogens is 3. The molecule has 2 aliphatic rings. The highest BCUT2D eigenvalue weighted by Gasteiger charge is 2.53. The van der Waals surface area contributed by atoms with Crippen molar-refractivity contribution in [3.05, 3.63) is 46.1 Å². The molecule has 1 saturated heterocycles. The zero-order valence-electron chi connectivity index (χ0n) is 16.0. The van der Waals surface area contributed by atoms with Crippen LogP contribution in [0.3, 0.4) is 0 Å². The number of carbonyl (C=O) groups excluding carboxylic acids is 3. The van der Waals surface area contributed by atoms with Gasteiger partial charge in [-0.1, -0.05) is 5.16 Å². The van der Waals surface area contributed by atoms with Crippen LogP contribution < -0.4 is 20.7 Å². The molecule has 0 radical (unpaired) electrons. The van der Waals surface area contributed by atoms with Crippen molar-refractivity contribution in [2.75, 3.05) is 11.5 Å². The van der Waals surface area contributed by atoms with Crippen LogP contribution in [0.1, 0.15) is 5.82 Å². The standard InChI is InChI=1S/C17H14BrN7O5S2/c18-8-2-1-3-24(5-8)4-7-6-31-15-10(14(27)25(15)11(7)16(28)29)20-13(26)9(22-30)12-21-17(19)32-23-12/h1-3,5,10,15H,4,6H2,(H4-,19,20,21,23,26,28,29,30)/t10-,15-/m1/s1. The number of amides is 2. The van der Waals surface area contributed by atoms with E-state index in [1.54, 1.807) is 23.0 Å². The minimum absolute atomic E-state index is 0.0715. The molecule has 2 aromatic heterocycles. The molecule has 0 bridgehead atoms. The van der Waals surface area contributed by atoms with Crippen molar-refractivity contribution in [3.63, 3.8) is 0 Å². The summed E-state index contributed by atoms with van der Waals surface area (Å²) >= 11 is 5.48. The zero-order valence-corrected chi connectivity index (χ0v) is 19.2. The van der Waals surface area contributed by atoms with Crippen molar-refractivity contribution in [2.45, 2.75) is 18.0 Å². The van der Waals surface area contributed by atoms with Gasteiger partial charge in [0.25, 0.3) is 11.8 Å². The third kappa shape index (κ3) is 4.05. The van der Waals surface area contributed by atoms with Gasteiger partial charge in [0, 0.05) is 28.9 Å². The Bertz CT molecular complexity index is 1180. The number of carbonyl (C=O) groups is 3. The molecule has 32 heavy (non-hydrogen) atoms. The van der Waals surface area contributed by atoms with E-state index in [4.69, 9.17) is 5.73 Å². The molecular weight excluding hydrogens is 526 g/mol. The summed E-state index contributed by atoms with van der Waals surface area (Å²) in [6.45, 7) is 0.252. The molecule has 0 unspecified atom stereocenters. The number of anilines is 1. The molecule has 0 spiro atoms. The number of nitrogens with zero attached hydrogens (tertiary/aromatic N) is 5. The number of fused-ring (bicyclic) bond motifs is 1. The highest BCUT2D eigenvalue weighted by atomic mass is 79.9. The normalized spacial score (nSPS) is 20.6. The van der Waals surface area contributed by atoms with Crippen LogP contribution in [0.2, 0.25) is 0 Å². The maximum absolute atomic E-state index is 12.8. The van der Waals surface area contributed by atoms with E-state index >= 15 is 0 Å². The van der Waals surface area contributed by atoms with E-state index in [0.29, 0.717) is 11.3 Å². The molecule has 15 heteroatoms. The predicted octanol–water partition coefficient (Wildman–Crippen LogP) is -1.55. The molecule has 2 aromatic rings. The largest absolute Gasteiger partial charge is 0.543 e. The Morgan fingerprint density at radius 3 is 2.91 bits per heavy atom. The molecule has 2 amide bonds. The number of aliphatic carboxylic acids is 1. The number of rotatable bonds is 6. The van der Waals surface area contributed by atoms with Crippen molar-refractivity contribution in [1.82, 2.24) is 19.6 Å². The number of nitrogens with one attached hydrogen (secondary N) is 1. The Morgan fingerprint density at radius 2 is 2.28 bits per heavy atom. The number of nitrogen functional groups attached to an aromatic ring is 1. The van der Waals surface area contributed by atoms with Crippen LogP contribution in [0.5, 0.6) is 0 Å². The third-order valence-electron chi connectivity index (χ3n) is 4.69. The number of thioether (sulfide) groups is 1. The highest BCUT2D eigenvalue weighted by molar-refractivity contribution is 9.10. The van der Waals surface area contributed by atoms with E-state index in [2.05, 4.69) is 35.8 Å². The van der Waals surface area contributed by atoms with Gasteiger partial charge in [0.1, 0.15) is 11.4 Å². The van der Waals surface area contributed by atoms with Crippen LogP contribution in [0.25, 0.3) is 0 Å². The van der Waals surface area contributed by atoms with Crippen LogP contribution in [-0.2, 0) is 20.9 Å². The summed E-state index contributed by atoms with van der Waals surface area (Å²) < 4.78 is 6.40. The Kier molecular flexibility index (Phi) is 6.12. The smallest absolute Gasteiger partial charge is 0.278 e. The molecule has 0 aromatic carbocycles. The van der Waals surface area contributed by atoms with E-state index in [0.717, 1.165) is 20.9 Å². The molecule has 4 rings (SSSR count). The summed E-state index contributed by atoms with van der Waals surface area (Å²) in [5, 5.41) is 25.8. The second-order valence-electron chi connectivity index (χ2n) is 6.70. The molecule has 166 valence electrons. The predicted molar refractivity (Wildman–Crippen MR) is 114 cm³/mol. The van der Waals surface area contributed by atoms with Crippen molar-refractivity contribution < 1.29 is 29.3 Å². The van der Waals surface area contributed by atoms with Gasteiger partial charge >= 0.3 is 0 Å². The summed E-state index contributed by atoms with van der Waals surface area (Å²) in [6, 6.07) is 2.62. The van der Waals surface area contributed by atoms with Crippen LogP contribution >= 0.6 is 39.2 Å². The number of halogens is 1. The number of nitrogens with two attached hydrogens (primary N) is 1. The summed E-state index contributed by atoms with van der Waals surface area (Å²) in [4.78, 5) is 42.0. The first-order chi connectivity index (χ1) is 15.3. The minimum atomic E-state index is -1.47. The van der Waals surface area contributed by atoms with Crippen molar-refractivity contribution >= 4 is 67.9 Å². The lowest BCUT2D eigenvalue weighted by Gasteiger charge is -2.50. The zero-order chi connectivity index (χ0) is 23.0. The molecular formula is C17H14BrN7O5S2. The quantitative estimate of drug-likeness (QED) is 0.129. The highest BCUT2D eigenvalue weighted by Crippen LogP contribution is 2.40.